The maximum atomic E-state index is 11.3. The largest absolute Gasteiger partial charge is 0.409 e. The van der Waals surface area contributed by atoms with Crippen LogP contribution in [0.5, 0.6) is 0 Å². The minimum Gasteiger partial charge on any atom is -0.409 e. The standard InChI is InChI=1S/C8H10N4O2/c9-7(12-14)5-11-8(13)6-2-1-3-10-4-6/h1-4,14H,5H2,(H2,9,12)(H,11,13). The van der Waals surface area contributed by atoms with Crippen LogP contribution >= 0.6 is 0 Å². The summed E-state index contributed by atoms with van der Waals surface area (Å²) in [7, 11) is 0. The summed E-state index contributed by atoms with van der Waals surface area (Å²) in [6.07, 6.45) is 3.00. The van der Waals surface area contributed by atoms with Crippen LogP contribution in [0.25, 0.3) is 0 Å². The van der Waals surface area contributed by atoms with Gasteiger partial charge in [-0.15, -0.1) is 0 Å². The lowest BCUT2D eigenvalue weighted by Crippen LogP contribution is -2.33. The molecule has 1 heterocycles. The summed E-state index contributed by atoms with van der Waals surface area (Å²) in [5, 5.41) is 13.4. The third kappa shape index (κ3) is 2.74. The number of amidine groups is 1. The molecule has 0 aliphatic carbocycles. The molecule has 0 spiro atoms. The Kier molecular flexibility index (Phi) is 3.42. The molecule has 0 unspecified atom stereocenters. The average molecular weight is 194 g/mol. The molecule has 1 rings (SSSR count). The van der Waals surface area contributed by atoms with E-state index in [1.807, 2.05) is 0 Å². The van der Waals surface area contributed by atoms with Gasteiger partial charge in [0, 0.05) is 12.4 Å². The van der Waals surface area contributed by atoms with Crippen LogP contribution < -0.4 is 11.1 Å². The molecule has 74 valence electrons. The van der Waals surface area contributed by atoms with Gasteiger partial charge in [-0.1, -0.05) is 5.16 Å². The maximum absolute atomic E-state index is 11.3. The number of oxime groups is 1. The second-order valence-electron chi connectivity index (χ2n) is 2.52. The van der Waals surface area contributed by atoms with Gasteiger partial charge in [0.05, 0.1) is 12.1 Å². The lowest BCUT2D eigenvalue weighted by molar-refractivity contribution is 0.0958. The normalized spacial score (nSPS) is 11.0. The van der Waals surface area contributed by atoms with Gasteiger partial charge in [0.2, 0.25) is 0 Å². The van der Waals surface area contributed by atoms with E-state index in [-0.39, 0.29) is 18.3 Å². The molecular weight excluding hydrogens is 184 g/mol. The number of carbonyl (C=O) groups excluding carboxylic acids is 1. The zero-order chi connectivity index (χ0) is 10.4. The number of hydrogen-bond donors (Lipinski definition) is 3. The summed E-state index contributed by atoms with van der Waals surface area (Å²) in [6.45, 7) is 0.00419. The summed E-state index contributed by atoms with van der Waals surface area (Å²) in [4.78, 5) is 15.1. The molecule has 0 bridgehead atoms. The van der Waals surface area contributed by atoms with E-state index in [1.165, 1.54) is 6.20 Å². The first-order valence-electron chi connectivity index (χ1n) is 3.88. The third-order valence-electron chi connectivity index (χ3n) is 1.48. The Morgan fingerprint density at radius 1 is 1.71 bits per heavy atom. The lowest BCUT2D eigenvalue weighted by atomic mass is 10.3. The topological polar surface area (TPSA) is 101 Å². The van der Waals surface area contributed by atoms with Crippen LogP contribution in [-0.2, 0) is 0 Å². The van der Waals surface area contributed by atoms with Crippen LogP contribution in [0.15, 0.2) is 29.7 Å². The van der Waals surface area contributed by atoms with Gasteiger partial charge in [-0.3, -0.25) is 9.78 Å². The fourth-order valence-electron chi connectivity index (χ4n) is 0.805. The monoisotopic (exact) mass is 194 g/mol. The van der Waals surface area contributed by atoms with Crippen LogP contribution in [0.4, 0.5) is 0 Å². The Balaban J connectivity index is 2.52. The molecule has 4 N–H and O–H groups in total. The van der Waals surface area contributed by atoms with Crippen molar-refractivity contribution >= 4 is 11.7 Å². The van der Waals surface area contributed by atoms with Gasteiger partial charge in [-0.05, 0) is 12.1 Å². The quantitative estimate of drug-likeness (QED) is 0.263. The van der Waals surface area contributed by atoms with Crippen molar-refractivity contribution < 1.29 is 10.0 Å². The number of nitrogens with zero attached hydrogens (tertiary/aromatic N) is 2. The van der Waals surface area contributed by atoms with Crippen molar-refractivity contribution in [3.8, 4) is 0 Å². The van der Waals surface area contributed by atoms with E-state index in [4.69, 9.17) is 10.9 Å². The predicted molar refractivity (Wildman–Crippen MR) is 50.0 cm³/mol. The van der Waals surface area contributed by atoms with Gasteiger partial charge in [-0.25, -0.2) is 0 Å². The number of nitrogens with two attached hydrogens (primary N) is 1. The molecule has 1 amide bonds. The SMILES string of the molecule is N/C(CNC(=O)c1cccnc1)=N\O. The molecule has 6 heteroatoms. The number of nitrogens with one attached hydrogen (secondary N) is 1. The van der Waals surface area contributed by atoms with Gasteiger partial charge in [-0.2, -0.15) is 0 Å². The molecular formula is C8H10N4O2. The first-order valence-corrected chi connectivity index (χ1v) is 3.88. The first-order chi connectivity index (χ1) is 6.74. The molecule has 0 saturated carbocycles. The zero-order valence-electron chi connectivity index (χ0n) is 7.34. The van der Waals surface area contributed by atoms with Crippen molar-refractivity contribution in [1.82, 2.24) is 10.3 Å². The Bertz CT molecular complexity index is 336. The van der Waals surface area contributed by atoms with Gasteiger partial charge < -0.3 is 16.3 Å². The van der Waals surface area contributed by atoms with Gasteiger partial charge in [0.15, 0.2) is 5.84 Å². The fraction of sp³-hybridized carbons (Fsp3) is 0.125. The molecule has 0 aliphatic heterocycles. The Morgan fingerprint density at radius 2 is 2.50 bits per heavy atom. The van der Waals surface area contributed by atoms with Crippen LogP contribution in [-0.4, -0.2) is 28.5 Å². The Morgan fingerprint density at radius 3 is 3.07 bits per heavy atom. The summed E-state index contributed by atoms with van der Waals surface area (Å²) >= 11 is 0. The van der Waals surface area contributed by atoms with Gasteiger partial charge >= 0.3 is 0 Å². The second kappa shape index (κ2) is 4.80. The smallest absolute Gasteiger partial charge is 0.253 e. The van der Waals surface area contributed by atoms with E-state index in [0.717, 1.165) is 0 Å². The van der Waals surface area contributed by atoms with Crippen LogP contribution in [0.2, 0.25) is 0 Å². The molecule has 0 saturated heterocycles. The lowest BCUT2D eigenvalue weighted by Gasteiger charge is -2.02. The summed E-state index contributed by atoms with van der Waals surface area (Å²) in [6, 6.07) is 3.27. The summed E-state index contributed by atoms with van der Waals surface area (Å²) in [5.74, 6) is -0.369. The predicted octanol–water partition coefficient (Wildman–Crippen LogP) is -0.442. The maximum Gasteiger partial charge on any atom is 0.253 e. The van der Waals surface area contributed by atoms with E-state index in [9.17, 15) is 4.79 Å². The van der Waals surface area contributed by atoms with Crippen molar-refractivity contribution in [2.45, 2.75) is 0 Å². The van der Waals surface area contributed by atoms with Crippen molar-refractivity contribution in [3.63, 3.8) is 0 Å². The number of amides is 1. The van der Waals surface area contributed by atoms with Gasteiger partial charge in [0.25, 0.3) is 5.91 Å². The van der Waals surface area contributed by atoms with Crippen molar-refractivity contribution in [2.75, 3.05) is 6.54 Å². The first kappa shape index (κ1) is 9.97. The summed E-state index contributed by atoms with van der Waals surface area (Å²) < 4.78 is 0. The number of carbonyl (C=O) groups is 1. The van der Waals surface area contributed by atoms with Crippen LogP contribution in [0, 0.1) is 0 Å². The molecule has 14 heavy (non-hydrogen) atoms. The van der Waals surface area contributed by atoms with Crippen LogP contribution in [0.1, 0.15) is 10.4 Å². The molecule has 6 nitrogen and oxygen atoms in total. The van der Waals surface area contributed by atoms with Crippen molar-refractivity contribution in [3.05, 3.63) is 30.1 Å². The number of aromatic nitrogens is 1. The van der Waals surface area contributed by atoms with Gasteiger partial charge in [0.1, 0.15) is 0 Å². The van der Waals surface area contributed by atoms with Crippen molar-refractivity contribution in [2.24, 2.45) is 10.9 Å². The Hall–Kier alpha value is -2.11. The number of hydrogen-bond acceptors (Lipinski definition) is 4. The fourth-order valence-corrected chi connectivity index (χ4v) is 0.805. The van der Waals surface area contributed by atoms with E-state index >= 15 is 0 Å². The number of pyridine rings is 1. The van der Waals surface area contributed by atoms with E-state index in [1.54, 1.807) is 18.3 Å². The highest BCUT2D eigenvalue weighted by atomic mass is 16.4. The highest BCUT2D eigenvalue weighted by Gasteiger charge is 2.04. The van der Waals surface area contributed by atoms with E-state index in [2.05, 4.69) is 15.5 Å². The number of rotatable bonds is 3. The van der Waals surface area contributed by atoms with E-state index < -0.39 is 0 Å². The van der Waals surface area contributed by atoms with Crippen LogP contribution in [0.3, 0.4) is 0 Å². The highest BCUT2D eigenvalue weighted by Crippen LogP contribution is 1.94. The minimum absolute atomic E-state index is 0.00419. The molecule has 0 aromatic carbocycles. The summed E-state index contributed by atoms with van der Waals surface area (Å²) in [5.41, 5.74) is 5.60. The molecule has 0 atom stereocenters. The molecule has 0 radical (unpaired) electrons. The Labute approximate surface area is 80.4 Å². The zero-order valence-corrected chi connectivity index (χ0v) is 7.34. The average Bonchev–Trinajstić information content (AvgIpc) is 2.26. The van der Waals surface area contributed by atoms with E-state index in [0.29, 0.717) is 5.56 Å². The molecule has 0 fully saturated rings. The van der Waals surface area contributed by atoms with Crippen molar-refractivity contribution in [1.29, 1.82) is 0 Å². The molecule has 1 aromatic heterocycles. The minimum atomic E-state index is -0.315. The highest BCUT2D eigenvalue weighted by molar-refractivity contribution is 5.96. The molecule has 1 aromatic rings. The molecule has 0 aliphatic rings. The third-order valence-corrected chi connectivity index (χ3v) is 1.48. The second-order valence-corrected chi connectivity index (χ2v) is 2.52.